The summed E-state index contributed by atoms with van der Waals surface area (Å²) in [5, 5.41) is 5.71. The van der Waals surface area contributed by atoms with Crippen LogP contribution in [0.1, 0.15) is 30.2 Å². The van der Waals surface area contributed by atoms with Crippen molar-refractivity contribution < 1.29 is 0 Å². The van der Waals surface area contributed by atoms with Crippen molar-refractivity contribution in [2.45, 2.75) is 39.3 Å². The van der Waals surface area contributed by atoms with Gasteiger partial charge in [0.25, 0.3) is 0 Å². The highest BCUT2D eigenvalue weighted by molar-refractivity contribution is 7.10. The molecule has 90 valence electrons. The summed E-state index contributed by atoms with van der Waals surface area (Å²) < 4.78 is 0. The second kappa shape index (κ2) is 5.80. The van der Waals surface area contributed by atoms with E-state index < -0.39 is 0 Å². The molecule has 0 amide bonds. The van der Waals surface area contributed by atoms with Crippen LogP contribution in [0.25, 0.3) is 0 Å². The molecule has 1 aliphatic rings. The van der Waals surface area contributed by atoms with E-state index in [1.807, 2.05) is 11.3 Å². The van der Waals surface area contributed by atoms with Gasteiger partial charge >= 0.3 is 0 Å². The Morgan fingerprint density at radius 3 is 3.00 bits per heavy atom. The first kappa shape index (κ1) is 12.1. The fraction of sp³-hybridized carbons (Fsp3) is 0.692. The van der Waals surface area contributed by atoms with E-state index in [2.05, 4.69) is 35.5 Å². The second-order valence-corrected chi connectivity index (χ2v) is 5.59. The molecule has 0 spiro atoms. The Morgan fingerprint density at radius 1 is 1.56 bits per heavy atom. The van der Waals surface area contributed by atoms with Gasteiger partial charge in [-0.15, -0.1) is 11.3 Å². The molecule has 16 heavy (non-hydrogen) atoms. The normalized spacial score (nSPS) is 21.6. The second-order valence-electron chi connectivity index (χ2n) is 4.59. The number of thiophene rings is 1. The summed E-state index contributed by atoms with van der Waals surface area (Å²) in [5.74, 6) is 0. The minimum Gasteiger partial charge on any atom is -0.315 e. The van der Waals surface area contributed by atoms with E-state index in [0.717, 1.165) is 25.7 Å². The van der Waals surface area contributed by atoms with Crippen LogP contribution < -0.4 is 5.32 Å². The third kappa shape index (κ3) is 2.84. The predicted molar refractivity (Wildman–Crippen MR) is 71.0 cm³/mol. The van der Waals surface area contributed by atoms with Crippen LogP contribution in [0.4, 0.5) is 0 Å². The van der Waals surface area contributed by atoms with Crippen molar-refractivity contribution in [2.24, 2.45) is 0 Å². The molecule has 1 fully saturated rings. The van der Waals surface area contributed by atoms with Gasteiger partial charge < -0.3 is 5.32 Å². The Balaban J connectivity index is 1.97. The highest BCUT2D eigenvalue weighted by Crippen LogP contribution is 2.20. The van der Waals surface area contributed by atoms with Crippen molar-refractivity contribution in [2.75, 3.05) is 19.6 Å². The summed E-state index contributed by atoms with van der Waals surface area (Å²) in [6.07, 6.45) is 2.68. The molecule has 1 unspecified atom stereocenters. The van der Waals surface area contributed by atoms with Crippen LogP contribution in [0.2, 0.25) is 0 Å². The van der Waals surface area contributed by atoms with Crippen molar-refractivity contribution in [3.63, 3.8) is 0 Å². The minimum absolute atomic E-state index is 0.736. The summed E-state index contributed by atoms with van der Waals surface area (Å²) >= 11 is 1.90. The molecule has 0 aliphatic carbocycles. The average molecular weight is 238 g/mol. The molecule has 0 saturated carbocycles. The smallest absolute Gasteiger partial charge is 0.0333 e. The Kier molecular flexibility index (Phi) is 4.38. The van der Waals surface area contributed by atoms with Gasteiger partial charge in [0.2, 0.25) is 0 Å². The van der Waals surface area contributed by atoms with E-state index in [1.54, 1.807) is 0 Å². The van der Waals surface area contributed by atoms with Gasteiger partial charge in [-0.25, -0.2) is 0 Å². The van der Waals surface area contributed by atoms with Gasteiger partial charge in [0.05, 0.1) is 0 Å². The fourth-order valence-corrected chi connectivity index (χ4v) is 3.33. The molecular weight excluding hydrogens is 216 g/mol. The number of aryl methyl sites for hydroxylation is 1. The maximum Gasteiger partial charge on any atom is 0.0333 e. The van der Waals surface area contributed by atoms with Crippen LogP contribution in [0.5, 0.6) is 0 Å². The number of nitrogens with one attached hydrogen (secondary N) is 1. The van der Waals surface area contributed by atoms with Gasteiger partial charge in [0.15, 0.2) is 0 Å². The molecule has 1 saturated heterocycles. The van der Waals surface area contributed by atoms with Gasteiger partial charge in [-0.1, -0.05) is 6.92 Å². The largest absolute Gasteiger partial charge is 0.315 e. The molecule has 0 bridgehead atoms. The molecule has 2 rings (SSSR count). The van der Waals surface area contributed by atoms with Crippen LogP contribution in [0, 0.1) is 6.92 Å². The first-order valence-corrected chi connectivity index (χ1v) is 7.17. The summed E-state index contributed by atoms with van der Waals surface area (Å²) in [6.45, 7) is 9.15. The molecular formula is C13H22N2S. The van der Waals surface area contributed by atoms with Gasteiger partial charge in [-0.2, -0.15) is 0 Å². The van der Waals surface area contributed by atoms with Crippen LogP contribution >= 0.6 is 11.3 Å². The number of hydrogen-bond acceptors (Lipinski definition) is 3. The van der Waals surface area contributed by atoms with Crippen molar-refractivity contribution in [1.29, 1.82) is 0 Å². The average Bonchev–Trinajstić information content (AvgIpc) is 2.73. The maximum atomic E-state index is 3.51. The van der Waals surface area contributed by atoms with Gasteiger partial charge in [-0.05, 0) is 49.9 Å². The monoisotopic (exact) mass is 238 g/mol. The Labute approximate surface area is 103 Å². The zero-order valence-electron chi connectivity index (χ0n) is 10.3. The fourth-order valence-electron chi connectivity index (χ4n) is 2.39. The number of rotatable bonds is 4. The molecule has 1 aromatic heterocycles. The number of piperidine rings is 1. The van der Waals surface area contributed by atoms with Crippen LogP contribution in [0.3, 0.4) is 0 Å². The van der Waals surface area contributed by atoms with Gasteiger partial charge in [0.1, 0.15) is 0 Å². The topological polar surface area (TPSA) is 15.3 Å². The van der Waals surface area contributed by atoms with E-state index in [4.69, 9.17) is 0 Å². The van der Waals surface area contributed by atoms with E-state index in [1.165, 1.54) is 29.8 Å². The van der Waals surface area contributed by atoms with Crippen molar-refractivity contribution >= 4 is 11.3 Å². The summed E-state index contributed by atoms with van der Waals surface area (Å²) in [7, 11) is 0. The third-order valence-corrected chi connectivity index (χ3v) is 4.52. The number of hydrogen-bond donors (Lipinski definition) is 1. The van der Waals surface area contributed by atoms with E-state index in [9.17, 15) is 0 Å². The molecule has 1 N–H and O–H groups in total. The van der Waals surface area contributed by atoms with Gasteiger partial charge in [-0.3, -0.25) is 4.90 Å². The molecule has 0 radical (unpaired) electrons. The maximum absolute atomic E-state index is 3.51. The van der Waals surface area contributed by atoms with Crippen LogP contribution in [-0.2, 0) is 6.54 Å². The third-order valence-electron chi connectivity index (χ3n) is 3.51. The molecule has 3 heteroatoms. The highest BCUT2D eigenvalue weighted by atomic mass is 32.1. The predicted octanol–water partition coefficient (Wildman–Crippen LogP) is 2.63. The van der Waals surface area contributed by atoms with Crippen molar-refractivity contribution in [1.82, 2.24) is 10.2 Å². The minimum atomic E-state index is 0.736. The first-order chi connectivity index (χ1) is 7.81. The van der Waals surface area contributed by atoms with E-state index >= 15 is 0 Å². The molecule has 2 nitrogen and oxygen atoms in total. The lowest BCUT2D eigenvalue weighted by Gasteiger charge is -2.33. The van der Waals surface area contributed by atoms with Crippen molar-refractivity contribution in [3.8, 4) is 0 Å². The molecule has 2 heterocycles. The molecule has 1 atom stereocenters. The van der Waals surface area contributed by atoms with Gasteiger partial charge in [0, 0.05) is 24.0 Å². The summed E-state index contributed by atoms with van der Waals surface area (Å²) in [6, 6.07) is 2.97. The quantitative estimate of drug-likeness (QED) is 0.867. The number of nitrogens with zero attached hydrogens (tertiary/aromatic N) is 1. The molecule has 0 aromatic carbocycles. The standard InChI is InChI=1S/C13H22N2S/c1-3-15(12-5-4-7-14-9-12)10-13-11(2)6-8-16-13/h6,8,12,14H,3-5,7,9-10H2,1-2H3. The molecule has 1 aliphatic heterocycles. The lowest BCUT2D eigenvalue weighted by molar-refractivity contribution is 0.167. The Hall–Kier alpha value is -0.380. The zero-order chi connectivity index (χ0) is 11.4. The van der Waals surface area contributed by atoms with E-state index in [0.29, 0.717) is 0 Å². The van der Waals surface area contributed by atoms with E-state index in [-0.39, 0.29) is 0 Å². The lowest BCUT2D eigenvalue weighted by atomic mass is 10.1. The number of likely N-dealkylation sites (N-methyl/N-ethyl adjacent to an activating group) is 1. The van der Waals surface area contributed by atoms with Crippen LogP contribution in [0.15, 0.2) is 11.4 Å². The lowest BCUT2D eigenvalue weighted by Crippen LogP contribution is -2.45. The first-order valence-electron chi connectivity index (χ1n) is 6.29. The Morgan fingerprint density at radius 2 is 2.44 bits per heavy atom. The molecule has 1 aromatic rings. The van der Waals surface area contributed by atoms with Crippen LogP contribution in [-0.4, -0.2) is 30.6 Å². The summed E-state index contributed by atoms with van der Waals surface area (Å²) in [4.78, 5) is 4.15. The van der Waals surface area contributed by atoms with Crippen molar-refractivity contribution in [3.05, 3.63) is 21.9 Å². The Bertz CT molecular complexity index is 315. The highest BCUT2D eigenvalue weighted by Gasteiger charge is 2.20. The zero-order valence-corrected chi connectivity index (χ0v) is 11.1. The SMILES string of the molecule is CCN(Cc1sccc1C)C1CCCNC1. The summed E-state index contributed by atoms with van der Waals surface area (Å²) in [5.41, 5.74) is 1.45.